The first-order valence-electron chi connectivity index (χ1n) is 10.7. The summed E-state index contributed by atoms with van der Waals surface area (Å²) in [7, 11) is 0. The predicted molar refractivity (Wildman–Crippen MR) is 130 cm³/mol. The molecule has 4 aromatic rings. The molecule has 0 saturated carbocycles. The zero-order chi connectivity index (χ0) is 22.0. The van der Waals surface area contributed by atoms with Crippen LogP contribution in [0.15, 0.2) is 73.1 Å². The lowest BCUT2D eigenvalue weighted by molar-refractivity contribution is 0.391. The highest BCUT2D eigenvalue weighted by Crippen LogP contribution is 2.28. The first kappa shape index (κ1) is 21.0. The second-order valence-electron chi connectivity index (χ2n) is 9.16. The number of nitrogens with zero attached hydrogens (tertiary/aromatic N) is 2. The van der Waals surface area contributed by atoms with E-state index in [4.69, 9.17) is 0 Å². The van der Waals surface area contributed by atoms with Gasteiger partial charge < -0.3 is 10.6 Å². The number of anilines is 2. The topological polar surface area (TPSA) is 49.8 Å². The van der Waals surface area contributed by atoms with Gasteiger partial charge in [-0.15, -0.1) is 0 Å². The summed E-state index contributed by atoms with van der Waals surface area (Å²) in [6, 6.07) is 23.6. The molecule has 0 spiro atoms. The van der Waals surface area contributed by atoms with Crippen molar-refractivity contribution in [2.45, 2.75) is 46.2 Å². The van der Waals surface area contributed by atoms with E-state index < -0.39 is 0 Å². The molecule has 31 heavy (non-hydrogen) atoms. The van der Waals surface area contributed by atoms with Crippen LogP contribution in [0.3, 0.4) is 0 Å². The summed E-state index contributed by atoms with van der Waals surface area (Å²) in [4.78, 5) is 8.92. The lowest BCUT2D eigenvalue weighted by Gasteiger charge is -2.29. The minimum atomic E-state index is -0.00665. The van der Waals surface area contributed by atoms with Crippen molar-refractivity contribution in [2.24, 2.45) is 0 Å². The van der Waals surface area contributed by atoms with Crippen LogP contribution in [0.5, 0.6) is 0 Å². The van der Waals surface area contributed by atoms with Crippen LogP contribution in [-0.4, -0.2) is 15.5 Å². The predicted octanol–water partition coefficient (Wildman–Crippen LogP) is 6.47. The van der Waals surface area contributed by atoms with E-state index in [1.807, 2.05) is 0 Å². The maximum absolute atomic E-state index is 4.49. The Morgan fingerprint density at radius 3 is 2.10 bits per heavy atom. The number of hydrogen-bond donors (Lipinski definition) is 2. The van der Waals surface area contributed by atoms with Gasteiger partial charge in [-0.25, -0.2) is 9.97 Å². The quantitative estimate of drug-likeness (QED) is 0.396. The first-order valence-corrected chi connectivity index (χ1v) is 10.7. The molecule has 4 nitrogen and oxygen atoms in total. The molecule has 0 unspecified atom stereocenters. The van der Waals surface area contributed by atoms with Crippen molar-refractivity contribution in [3.8, 4) is 0 Å². The molecule has 0 radical (unpaired) electrons. The third-order valence-corrected chi connectivity index (χ3v) is 5.47. The highest BCUT2D eigenvalue weighted by Gasteiger charge is 2.20. The fourth-order valence-corrected chi connectivity index (χ4v) is 3.75. The van der Waals surface area contributed by atoms with E-state index in [2.05, 4.69) is 122 Å². The largest absolute Gasteiger partial charge is 0.340 e. The minimum absolute atomic E-state index is 0.00665. The monoisotopic (exact) mass is 410 g/mol. The fraction of sp³-hybridized carbons (Fsp3) is 0.259. The van der Waals surface area contributed by atoms with Gasteiger partial charge in [-0.2, -0.15) is 0 Å². The lowest BCUT2D eigenvalue weighted by atomic mass is 9.95. The first-order chi connectivity index (χ1) is 14.8. The number of aromatic nitrogens is 2. The van der Waals surface area contributed by atoms with E-state index in [1.165, 1.54) is 22.3 Å². The molecule has 0 fully saturated rings. The third-order valence-electron chi connectivity index (χ3n) is 5.47. The number of nitrogens with one attached hydrogen (secondary N) is 2. The van der Waals surface area contributed by atoms with Crippen LogP contribution in [-0.2, 0) is 0 Å². The van der Waals surface area contributed by atoms with Crippen molar-refractivity contribution in [3.63, 3.8) is 0 Å². The SMILES string of the molecule is Cc1cc2ncnc(Nc3ccc([C@H](NC(C)(C)C)c4ccccc4)cc3)c2cc1C. The van der Waals surface area contributed by atoms with Crippen molar-refractivity contribution in [3.05, 3.63) is 95.3 Å². The van der Waals surface area contributed by atoms with Crippen molar-refractivity contribution in [1.29, 1.82) is 0 Å². The van der Waals surface area contributed by atoms with E-state index >= 15 is 0 Å². The molecular weight excluding hydrogens is 380 g/mol. The molecule has 2 N–H and O–H groups in total. The van der Waals surface area contributed by atoms with E-state index in [0.717, 1.165) is 22.4 Å². The van der Waals surface area contributed by atoms with Gasteiger partial charge in [-0.1, -0.05) is 42.5 Å². The molecule has 0 aliphatic rings. The maximum Gasteiger partial charge on any atom is 0.141 e. The van der Waals surface area contributed by atoms with Crippen LogP contribution < -0.4 is 10.6 Å². The van der Waals surface area contributed by atoms with Crippen LogP contribution in [0.1, 0.15) is 49.1 Å². The number of fused-ring (bicyclic) bond motifs is 1. The van der Waals surface area contributed by atoms with Gasteiger partial charge in [0.15, 0.2) is 0 Å². The smallest absolute Gasteiger partial charge is 0.141 e. The van der Waals surface area contributed by atoms with Gasteiger partial charge >= 0.3 is 0 Å². The van der Waals surface area contributed by atoms with Gasteiger partial charge in [0.05, 0.1) is 11.6 Å². The van der Waals surface area contributed by atoms with Gasteiger partial charge in [0, 0.05) is 16.6 Å². The average Bonchev–Trinajstić information content (AvgIpc) is 2.74. The van der Waals surface area contributed by atoms with Crippen molar-refractivity contribution < 1.29 is 0 Å². The molecular formula is C27H30N4. The molecule has 1 heterocycles. The zero-order valence-corrected chi connectivity index (χ0v) is 18.9. The minimum Gasteiger partial charge on any atom is -0.340 e. The zero-order valence-electron chi connectivity index (χ0n) is 18.9. The standard InChI is InChI=1S/C27H30N4/c1-18-15-23-24(16-19(18)2)28-17-29-26(23)30-22-13-11-21(12-14-22)25(31-27(3,4)5)20-9-7-6-8-10-20/h6-17,25,31H,1-5H3,(H,28,29,30)/t25-/m1/s1. The van der Waals surface area contributed by atoms with Crippen LogP contribution >= 0.6 is 0 Å². The van der Waals surface area contributed by atoms with E-state index in [-0.39, 0.29) is 11.6 Å². The highest BCUT2D eigenvalue weighted by molar-refractivity contribution is 5.91. The molecule has 1 atom stereocenters. The Morgan fingerprint density at radius 1 is 0.774 bits per heavy atom. The Hall–Kier alpha value is -3.24. The Kier molecular flexibility index (Phi) is 5.75. The van der Waals surface area contributed by atoms with Crippen molar-refractivity contribution >= 4 is 22.4 Å². The van der Waals surface area contributed by atoms with Gasteiger partial charge in [0.1, 0.15) is 12.1 Å². The molecule has 0 amide bonds. The summed E-state index contributed by atoms with van der Waals surface area (Å²) in [5.74, 6) is 0.827. The molecule has 0 bridgehead atoms. The summed E-state index contributed by atoms with van der Waals surface area (Å²) in [5.41, 5.74) is 6.91. The van der Waals surface area contributed by atoms with Crippen LogP contribution in [0.25, 0.3) is 10.9 Å². The maximum atomic E-state index is 4.49. The second kappa shape index (κ2) is 8.48. The van der Waals surface area contributed by atoms with E-state index in [0.29, 0.717) is 0 Å². The molecule has 158 valence electrons. The number of benzene rings is 3. The molecule has 4 rings (SSSR count). The average molecular weight is 411 g/mol. The lowest BCUT2D eigenvalue weighted by Crippen LogP contribution is -2.39. The molecule has 0 aliphatic heterocycles. The number of hydrogen-bond acceptors (Lipinski definition) is 4. The van der Waals surface area contributed by atoms with Crippen molar-refractivity contribution in [2.75, 3.05) is 5.32 Å². The van der Waals surface area contributed by atoms with E-state index in [9.17, 15) is 0 Å². The Labute approximate surface area is 184 Å². The summed E-state index contributed by atoms with van der Waals surface area (Å²) in [5, 5.41) is 8.26. The van der Waals surface area contributed by atoms with Crippen LogP contribution in [0, 0.1) is 13.8 Å². The Bertz CT molecular complexity index is 1180. The van der Waals surface area contributed by atoms with Crippen molar-refractivity contribution in [1.82, 2.24) is 15.3 Å². The van der Waals surface area contributed by atoms with Crippen LogP contribution in [0.4, 0.5) is 11.5 Å². The molecule has 4 heteroatoms. The van der Waals surface area contributed by atoms with Gasteiger partial charge in [-0.05, 0) is 81.1 Å². The molecule has 0 saturated heterocycles. The summed E-state index contributed by atoms with van der Waals surface area (Å²) in [6.07, 6.45) is 1.62. The Balaban J connectivity index is 1.63. The summed E-state index contributed by atoms with van der Waals surface area (Å²) >= 11 is 0. The highest BCUT2D eigenvalue weighted by atomic mass is 15.0. The van der Waals surface area contributed by atoms with E-state index in [1.54, 1.807) is 6.33 Å². The normalized spacial score (nSPS) is 12.7. The Morgan fingerprint density at radius 2 is 1.42 bits per heavy atom. The number of rotatable bonds is 5. The third kappa shape index (κ3) is 4.92. The summed E-state index contributed by atoms with van der Waals surface area (Å²) < 4.78 is 0. The molecule has 1 aromatic heterocycles. The molecule has 0 aliphatic carbocycles. The number of aryl methyl sites for hydroxylation is 2. The fourth-order valence-electron chi connectivity index (χ4n) is 3.75. The van der Waals surface area contributed by atoms with Gasteiger partial charge in [-0.3, -0.25) is 0 Å². The summed E-state index contributed by atoms with van der Waals surface area (Å²) in [6.45, 7) is 10.8. The van der Waals surface area contributed by atoms with Crippen LogP contribution in [0.2, 0.25) is 0 Å². The van der Waals surface area contributed by atoms with Gasteiger partial charge in [0.2, 0.25) is 0 Å². The second-order valence-corrected chi connectivity index (χ2v) is 9.16. The van der Waals surface area contributed by atoms with Gasteiger partial charge in [0.25, 0.3) is 0 Å². The molecule has 3 aromatic carbocycles.